The fourth-order valence-electron chi connectivity index (χ4n) is 4.57. The van der Waals surface area contributed by atoms with Crippen molar-refractivity contribution in [2.24, 2.45) is 0 Å². The van der Waals surface area contributed by atoms with Gasteiger partial charge in [0, 0.05) is 48.1 Å². The smallest absolute Gasteiger partial charge is 0.300 e. The quantitative estimate of drug-likeness (QED) is 0.265. The van der Waals surface area contributed by atoms with Crippen molar-refractivity contribution >= 4 is 39.0 Å². The average molecular weight is 600 g/mol. The van der Waals surface area contributed by atoms with Gasteiger partial charge in [-0.25, -0.2) is 14.4 Å². The maximum atomic E-state index is 13.6. The van der Waals surface area contributed by atoms with Crippen molar-refractivity contribution in [3.05, 3.63) is 76.2 Å². The number of hydrogen-bond donors (Lipinski definition) is 1. The van der Waals surface area contributed by atoms with Crippen LogP contribution < -0.4 is 19.8 Å². The molecule has 9 nitrogen and oxygen atoms in total. The van der Waals surface area contributed by atoms with E-state index in [1.807, 2.05) is 31.3 Å². The number of pyridine rings is 2. The Kier molecular flexibility index (Phi) is 9.19. The van der Waals surface area contributed by atoms with E-state index in [2.05, 4.69) is 19.6 Å². The van der Waals surface area contributed by atoms with Crippen LogP contribution >= 0.6 is 22.3 Å². The zero-order valence-electron chi connectivity index (χ0n) is 23.0. The van der Waals surface area contributed by atoms with Crippen LogP contribution in [0.5, 0.6) is 11.6 Å². The molecule has 0 amide bonds. The normalized spacial score (nSPS) is 15.5. The van der Waals surface area contributed by atoms with E-state index in [-0.39, 0.29) is 17.4 Å². The van der Waals surface area contributed by atoms with Crippen molar-refractivity contribution in [3.63, 3.8) is 0 Å². The predicted molar refractivity (Wildman–Crippen MR) is 161 cm³/mol. The minimum atomic E-state index is -0.666. The van der Waals surface area contributed by atoms with Crippen molar-refractivity contribution in [1.29, 1.82) is 0 Å². The van der Waals surface area contributed by atoms with Gasteiger partial charge in [-0.15, -0.1) is 0 Å². The van der Waals surface area contributed by atoms with E-state index in [1.165, 1.54) is 29.8 Å². The van der Waals surface area contributed by atoms with Crippen LogP contribution in [0.1, 0.15) is 13.8 Å². The Hall–Kier alpha value is -3.51. The molecule has 1 N–H and O–H groups in total. The first-order valence-electron chi connectivity index (χ1n) is 13.1. The maximum Gasteiger partial charge on any atom is 0.300 e. The number of halogens is 2. The Morgan fingerprint density at radius 3 is 2.71 bits per heavy atom. The molecule has 1 aliphatic heterocycles. The van der Waals surface area contributed by atoms with Crippen LogP contribution in [0.4, 0.5) is 10.1 Å². The summed E-state index contributed by atoms with van der Waals surface area (Å²) in [5, 5.41) is 2.26. The second-order valence-electron chi connectivity index (χ2n) is 9.45. The highest BCUT2D eigenvalue weighted by Gasteiger charge is 2.17. The Bertz CT molecular complexity index is 1640. The number of fused-ring (bicyclic) bond motifs is 1. The summed E-state index contributed by atoms with van der Waals surface area (Å²) in [6.07, 6.45) is 4.68. The zero-order chi connectivity index (χ0) is 28.9. The van der Waals surface area contributed by atoms with Gasteiger partial charge in [0.1, 0.15) is 23.3 Å². The molecule has 5 rings (SSSR count). The Labute approximate surface area is 244 Å². The molecule has 0 radical (unpaired) electrons. The summed E-state index contributed by atoms with van der Waals surface area (Å²) in [6, 6.07) is 9.85. The lowest BCUT2D eigenvalue weighted by atomic mass is 10.1. The van der Waals surface area contributed by atoms with Gasteiger partial charge in [0.25, 0.3) is 5.56 Å². The van der Waals surface area contributed by atoms with Gasteiger partial charge in [-0.05, 0) is 55.6 Å². The number of morpholine rings is 1. The molecule has 3 aromatic heterocycles. The molecule has 0 aliphatic carbocycles. The summed E-state index contributed by atoms with van der Waals surface area (Å²) in [4.78, 5) is 25.3. The molecule has 12 heteroatoms. The van der Waals surface area contributed by atoms with Crippen LogP contribution in [0.2, 0.25) is 5.02 Å². The van der Waals surface area contributed by atoms with Gasteiger partial charge in [0.05, 0.1) is 31.5 Å². The first kappa shape index (κ1) is 29.0. The predicted octanol–water partition coefficient (Wildman–Crippen LogP) is 5.13. The lowest BCUT2D eigenvalue weighted by Gasteiger charge is -2.29. The molecule has 2 atom stereocenters. The monoisotopic (exact) mass is 599 g/mol. The summed E-state index contributed by atoms with van der Waals surface area (Å²) in [6.45, 7) is 7.61. The molecular formula is C29H31ClFN5O4S. The number of ether oxygens (including phenoxy) is 3. The molecular weight excluding hydrogens is 569 g/mol. The molecule has 2 unspecified atom stereocenters. The third kappa shape index (κ3) is 6.70. The molecule has 4 aromatic rings. The molecule has 1 aliphatic rings. The number of nitrogens with zero attached hydrogens (tertiary/aromatic N) is 4. The highest BCUT2D eigenvalue weighted by molar-refractivity contribution is 8.16. The van der Waals surface area contributed by atoms with E-state index < -0.39 is 16.5 Å². The minimum Gasteiger partial charge on any atom is -0.482 e. The molecule has 1 aromatic carbocycles. The van der Waals surface area contributed by atoms with Gasteiger partial charge in [-0.1, -0.05) is 22.3 Å². The third-order valence-corrected chi connectivity index (χ3v) is 8.75. The molecule has 216 valence electrons. The van der Waals surface area contributed by atoms with Gasteiger partial charge < -0.3 is 18.9 Å². The van der Waals surface area contributed by atoms with Crippen molar-refractivity contribution < 1.29 is 18.6 Å². The zero-order valence-corrected chi connectivity index (χ0v) is 24.5. The molecule has 4 heterocycles. The second kappa shape index (κ2) is 13.0. The summed E-state index contributed by atoms with van der Waals surface area (Å²) in [7, 11) is 0.870. The van der Waals surface area contributed by atoms with Crippen LogP contribution in [0, 0.1) is 5.82 Å². The van der Waals surface area contributed by atoms with E-state index in [4.69, 9.17) is 25.8 Å². The molecule has 41 heavy (non-hydrogen) atoms. The van der Waals surface area contributed by atoms with E-state index in [0.29, 0.717) is 42.0 Å². The third-order valence-electron chi connectivity index (χ3n) is 6.58. The number of rotatable bonds is 9. The summed E-state index contributed by atoms with van der Waals surface area (Å²) < 4.78 is 35.4. The van der Waals surface area contributed by atoms with E-state index in [9.17, 15) is 9.18 Å². The van der Waals surface area contributed by atoms with E-state index in [1.54, 1.807) is 24.5 Å². The van der Waals surface area contributed by atoms with Gasteiger partial charge in [-0.2, -0.15) is 0 Å². The Morgan fingerprint density at radius 1 is 1.17 bits per heavy atom. The van der Waals surface area contributed by atoms with Crippen molar-refractivity contribution in [2.75, 3.05) is 44.7 Å². The fourth-order valence-corrected chi connectivity index (χ4v) is 6.34. The Balaban J connectivity index is 1.43. The van der Waals surface area contributed by atoms with Crippen LogP contribution in [0.3, 0.4) is 0 Å². The van der Waals surface area contributed by atoms with Crippen molar-refractivity contribution in [1.82, 2.24) is 19.3 Å². The highest BCUT2D eigenvalue weighted by atomic mass is 35.5. The van der Waals surface area contributed by atoms with Crippen LogP contribution in [0.15, 0.2) is 64.7 Å². The standard InChI is InChI=1S/C29H31ClFN5O4S/c1-4-41(26-7-6-22(31)14-23(26)30)34-24-13-21(15-33-28(24)38-3)20-5-8-27-32-16-25(29(37)36(27)18-20)40-19(2)17-35-9-11-39-12-10-35/h4-8,13-16,18-19,34H,9-12,17H2,1-3H3. The van der Waals surface area contributed by atoms with Crippen LogP contribution in [0.25, 0.3) is 16.8 Å². The Morgan fingerprint density at radius 2 is 1.98 bits per heavy atom. The summed E-state index contributed by atoms with van der Waals surface area (Å²) in [5.41, 5.74) is 2.32. The number of hydrogen-bond acceptors (Lipinski definition) is 8. The van der Waals surface area contributed by atoms with Crippen molar-refractivity contribution in [2.45, 2.75) is 24.8 Å². The van der Waals surface area contributed by atoms with Crippen molar-refractivity contribution in [3.8, 4) is 22.8 Å². The summed E-state index contributed by atoms with van der Waals surface area (Å²) in [5.74, 6) is 0.172. The second-order valence-corrected chi connectivity index (χ2v) is 11.6. The first-order chi connectivity index (χ1) is 19.9. The number of nitrogens with one attached hydrogen (secondary N) is 1. The molecule has 0 saturated carbocycles. The SMILES string of the molecule is C/C=S(/Nc1cc(-c2ccc3ncc(OC(C)CN4CCOCC4)c(=O)n3c2)cnc1OC)c1ccc(F)cc1Cl. The van der Waals surface area contributed by atoms with E-state index in [0.717, 1.165) is 29.1 Å². The maximum absolute atomic E-state index is 13.6. The number of anilines is 1. The lowest BCUT2D eigenvalue weighted by molar-refractivity contribution is 0.0216. The lowest BCUT2D eigenvalue weighted by Crippen LogP contribution is -2.42. The van der Waals surface area contributed by atoms with Gasteiger partial charge in [-0.3, -0.25) is 14.1 Å². The van der Waals surface area contributed by atoms with Gasteiger partial charge >= 0.3 is 0 Å². The molecule has 1 saturated heterocycles. The van der Waals surface area contributed by atoms with Gasteiger partial charge in [0.15, 0.2) is 0 Å². The van der Waals surface area contributed by atoms with E-state index >= 15 is 0 Å². The number of methoxy groups -OCH3 is 1. The molecule has 1 fully saturated rings. The van der Waals surface area contributed by atoms with Crippen LogP contribution in [-0.4, -0.2) is 70.7 Å². The number of benzene rings is 1. The summed E-state index contributed by atoms with van der Waals surface area (Å²) >= 11 is 6.34. The topological polar surface area (TPSA) is 90.2 Å². The minimum absolute atomic E-state index is 0.189. The van der Waals surface area contributed by atoms with Crippen LogP contribution in [-0.2, 0) is 4.74 Å². The largest absolute Gasteiger partial charge is 0.482 e. The van der Waals surface area contributed by atoms with Gasteiger partial charge in [0.2, 0.25) is 11.6 Å². The molecule has 0 bridgehead atoms. The number of aromatic nitrogens is 3. The fraction of sp³-hybridized carbons (Fsp3) is 0.310. The average Bonchev–Trinajstić information content (AvgIpc) is 2.98. The highest BCUT2D eigenvalue weighted by Crippen LogP contribution is 2.37. The molecule has 0 spiro atoms. The first-order valence-corrected chi connectivity index (χ1v) is 14.8.